The molecule has 7 heteroatoms. The molecule has 1 aromatic rings. The molecule has 1 unspecified atom stereocenters. The van der Waals surface area contributed by atoms with Crippen molar-refractivity contribution in [2.45, 2.75) is 12.5 Å². The Labute approximate surface area is 99.4 Å². The van der Waals surface area contributed by atoms with E-state index in [2.05, 4.69) is 21.2 Å². The summed E-state index contributed by atoms with van der Waals surface area (Å²) in [4.78, 5) is 21.9. The molecule has 1 amide bonds. The SMILES string of the molecule is CC(O)(CNC(=O)c1ccc(Br)o1)C(=O)O. The standard InChI is InChI=1S/C9H10BrNO5/c1-9(15,8(13)14)4-11-7(12)5-2-3-6(10)16-5/h2-3,15H,4H2,1H3,(H,11,12)(H,13,14). The van der Waals surface area contributed by atoms with Gasteiger partial charge in [0.1, 0.15) is 0 Å². The van der Waals surface area contributed by atoms with E-state index in [0.717, 1.165) is 6.92 Å². The van der Waals surface area contributed by atoms with Crippen molar-refractivity contribution in [3.05, 3.63) is 22.6 Å². The summed E-state index contributed by atoms with van der Waals surface area (Å²) in [7, 11) is 0. The molecule has 0 radical (unpaired) electrons. The Balaban J connectivity index is 2.57. The second-order valence-electron chi connectivity index (χ2n) is 3.37. The lowest BCUT2D eigenvalue weighted by Crippen LogP contribution is -2.46. The van der Waals surface area contributed by atoms with E-state index in [-0.39, 0.29) is 5.76 Å². The van der Waals surface area contributed by atoms with Crippen LogP contribution in [0.2, 0.25) is 0 Å². The van der Waals surface area contributed by atoms with Crippen LogP contribution in [0, 0.1) is 0 Å². The second kappa shape index (κ2) is 4.67. The fourth-order valence-corrected chi connectivity index (χ4v) is 1.16. The van der Waals surface area contributed by atoms with Gasteiger partial charge in [-0.1, -0.05) is 0 Å². The van der Waals surface area contributed by atoms with Crippen LogP contribution in [0.5, 0.6) is 0 Å². The maximum absolute atomic E-state index is 11.4. The lowest BCUT2D eigenvalue weighted by atomic mass is 10.1. The topological polar surface area (TPSA) is 99.8 Å². The number of carboxylic acid groups (broad SMARTS) is 1. The average molecular weight is 292 g/mol. The number of amides is 1. The zero-order valence-electron chi connectivity index (χ0n) is 8.36. The van der Waals surface area contributed by atoms with E-state index < -0.39 is 24.0 Å². The van der Waals surface area contributed by atoms with E-state index in [9.17, 15) is 14.7 Å². The number of furan rings is 1. The van der Waals surface area contributed by atoms with Gasteiger partial charge >= 0.3 is 5.97 Å². The number of hydrogen-bond donors (Lipinski definition) is 3. The number of halogens is 1. The summed E-state index contributed by atoms with van der Waals surface area (Å²) >= 11 is 3.02. The van der Waals surface area contributed by atoms with Gasteiger partial charge in [0.2, 0.25) is 0 Å². The van der Waals surface area contributed by atoms with Crippen molar-refractivity contribution in [1.29, 1.82) is 0 Å². The molecule has 0 fully saturated rings. The molecule has 6 nitrogen and oxygen atoms in total. The van der Waals surface area contributed by atoms with E-state index in [1.807, 2.05) is 0 Å². The van der Waals surface area contributed by atoms with Gasteiger partial charge in [-0.2, -0.15) is 0 Å². The molecule has 0 aliphatic carbocycles. The first-order valence-corrected chi connectivity index (χ1v) is 5.11. The summed E-state index contributed by atoms with van der Waals surface area (Å²) in [6.45, 7) is 0.688. The zero-order valence-corrected chi connectivity index (χ0v) is 9.94. The van der Waals surface area contributed by atoms with E-state index >= 15 is 0 Å². The molecule has 0 aromatic carbocycles. The summed E-state index contributed by atoms with van der Waals surface area (Å²) in [6, 6.07) is 2.96. The Hall–Kier alpha value is -1.34. The molecule has 3 N–H and O–H groups in total. The molecule has 0 bridgehead atoms. The summed E-state index contributed by atoms with van der Waals surface area (Å²) in [5.74, 6) is -1.96. The largest absolute Gasteiger partial charge is 0.479 e. The number of carbonyl (C=O) groups is 2. The molecular weight excluding hydrogens is 282 g/mol. The molecule has 0 aliphatic rings. The average Bonchev–Trinajstić information content (AvgIpc) is 2.61. The minimum Gasteiger partial charge on any atom is -0.479 e. The lowest BCUT2D eigenvalue weighted by molar-refractivity contribution is -0.155. The van der Waals surface area contributed by atoms with Gasteiger partial charge in [0.15, 0.2) is 16.0 Å². The predicted octanol–water partition coefficient (Wildman–Crippen LogP) is 0.608. The Morgan fingerprint density at radius 3 is 2.62 bits per heavy atom. The molecule has 0 saturated heterocycles. The fourth-order valence-electron chi connectivity index (χ4n) is 0.851. The van der Waals surface area contributed by atoms with Crippen molar-refractivity contribution >= 4 is 27.8 Å². The molecule has 1 heterocycles. The van der Waals surface area contributed by atoms with Crippen LogP contribution in [-0.4, -0.2) is 34.2 Å². The molecule has 0 saturated carbocycles. The van der Waals surface area contributed by atoms with Crippen molar-refractivity contribution in [2.75, 3.05) is 6.54 Å². The third kappa shape index (κ3) is 3.07. The minimum atomic E-state index is -2.00. The summed E-state index contributed by atoms with van der Waals surface area (Å²) in [5, 5.41) is 20.2. The quantitative estimate of drug-likeness (QED) is 0.755. The van der Waals surface area contributed by atoms with Gasteiger partial charge in [-0.25, -0.2) is 4.79 Å². The summed E-state index contributed by atoms with van der Waals surface area (Å²) in [6.07, 6.45) is 0. The Morgan fingerprint density at radius 1 is 1.56 bits per heavy atom. The van der Waals surface area contributed by atoms with Crippen molar-refractivity contribution in [1.82, 2.24) is 5.32 Å². The normalized spacial score (nSPS) is 14.2. The van der Waals surface area contributed by atoms with Gasteiger partial charge in [0.05, 0.1) is 6.54 Å². The van der Waals surface area contributed by atoms with Crippen LogP contribution in [0.4, 0.5) is 0 Å². The van der Waals surface area contributed by atoms with Crippen LogP contribution in [0.3, 0.4) is 0 Å². The van der Waals surface area contributed by atoms with Crippen LogP contribution in [0.15, 0.2) is 21.2 Å². The van der Waals surface area contributed by atoms with Gasteiger partial charge in [-0.05, 0) is 35.0 Å². The first-order chi connectivity index (χ1) is 7.33. The number of carbonyl (C=O) groups excluding carboxylic acids is 1. The molecule has 16 heavy (non-hydrogen) atoms. The third-order valence-electron chi connectivity index (χ3n) is 1.85. The van der Waals surface area contributed by atoms with Gasteiger partial charge in [-0.15, -0.1) is 0 Å². The Kier molecular flexibility index (Phi) is 3.71. The highest BCUT2D eigenvalue weighted by atomic mass is 79.9. The van der Waals surface area contributed by atoms with Crippen molar-refractivity contribution < 1.29 is 24.2 Å². The first-order valence-electron chi connectivity index (χ1n) is 4.32. The fraction of sp³-hybridized carbons (Fsp3) is 0.333. The monoisotopic (exact) mass is 291 g/mol. The molecule has 1 rings (SSSR count). The van der Waals surface area contributed by atoms with Crippen LogP contribution in [0.25, 0.3) is 0 Å². The molecule has 1 atom stereocenters. The zero-order chi connectivity index (χ0) is 12.3. The number of carboxylic acids is 1. The lowest BCUT2D eigenvalue weighted by Gasteiger charge is -2.17. The Bertz CT molecular complexity index is 412. The van der Waals surface area contributed by atoms with Crippen molar-refractivity contribution in [3.8, 4) is 0 Å². The molecule has 1 aromatic heterocycles. The van der Waals surface area contributed by atoms with Crippen molar-refractivity contribution in [2.24, 2.45) is 0 Å². The summed E-state index contributed by atoms with van der Waals surface area (Å²) < 4.78 is 5.34. The van der Waals surface area contributed by atoms with E-state index in [1.54, 1.807) is 0 Å². The number of hydrogen-bond acceptors (Lipinski definition) is 4. The van der Waals surface area contributed by atoms with Gasteiger partial charge in [0, 0.05) is 0 Å². The number of nitrogens with one attached hydrogen (secondary N) is 1. The molecular formula is C9H10BrNO5. The van der Waals surface area contributed by atoms with E-state index in [4.69, 9.17) is 9.52 Å². The first kappa shape index (κ1) is 12.7. The molecule has 0 aliphatic heterocycles. The van der Waals surface area contributed by atoms with Gasteiger partial charge in [0.25, 0.3) is 5.91 Å². The Morgan fingerprint density at radius 2 is 2.19 bits per heavy atom. The van der Waals surface area contributed by atoms with Crippen LogP contribution in [-0.2, 0) is 4.79 Å². The van der Waals surface area contributed by atoms with E-state index in [0.29, 0.717) is 4.67 Å². The third-order valence-corrected chi connectivity index (χ3v) is 2.28. The highest BCUT2D eigenvalue weighted by Crippen LogP contribution is 2.13. The maximum atomic E-state index is 11.4. The van der Waals surface area contributed by atoms with Crippen LogP contribution in [0.1, 0.15) is 17.5 Å². The molecule has 0 spiro atoms. The maximum Gasteiger partial charge on any atom is 0.337 e. The van der Waals surface area contributed by atoms with Crippen molar-refractivity contribution in [3.63, 3.8) is 0 Å². The van der Waals surface area contributed by atoms with Crippen LogP contribution >= 0.6 is 15.9 Å². The summed E-state index contributed by atoms with van der Waals surface area (Å²) in [5.41, 5.74) is -2.00. The van der Waals surface area contributed by atoms with Crippen LogP contribution < -0.4 is 5.32 Å². The highest BCUT2D eigenvalue weighted by Gasteiger charge is 2.30. The van der Waals surface area contributed by atoms with E-state index in [1.165, 1.54) is 12.1 Å². The second-order valence-corrected chi connectivity index (χ2v) is 4.15. The van der Waals surface area contributed by atoms with Gasteiger partial charge < -0.3 is 19.9 Å². The number of aliphatic hydroxyl groups is 1. The molecule has 88 valence electrons. The number of aliphatic carboxylic acids is 1. The minimum absolute atomic E-state index is 0.0352. The number of rotatable bonds is 4. The predicted molar refractivity (Wildman–Crippen MR) is 57.0 cm³/mol. The smallest absolute Gasteiger partial charge is 0.337 e. The highest BCUT2D eigenvalue weighted by molar-refractivity contribution is 9.10. The van der Waals surface area contributed by atoms with Gasteiger partial charge in [-0.3, -0.25) is 4.79 Å².